The largest absolute Gasteiger partial charge is 0.504 e. The van der Waals surface area contributed by atoms with E-state index in [2.05, 4.69) is 19.9 Å². The lowest BCUT2D eigenvalue weighted by Gasteiger charge is -2.14. The molecule has 2 aromatic carbocycles. The molecule has 0 aromatic heterocycles. The molecule has 1 aliphatic carbocycles. The SMILES string of the molecule is COc1cc2c(cc1O)Cc1cc(C)c(C)c(OC)c1-2. The highest BCUT2D eigenvalue weighted by Gasteiger charge is 2.26. The van der Waals surface area contributed by atoms with E-state index in [-0.39, 0.29) is 5.75 Å². The lowest BCUT2D eigenvalue weighted by molar-refractivity contribution is 0.373. The standard InChI is InChI=1S/C17H18O3/c1-9-5-12-6-11-7-14(18)15(19-3)8-13(11)16(12)17(20-4)10(9)2/h5,7-8,18H,6H2,1-4H3. The van der Waals surface area contributed by atoms with Crippen LogP contribution in [0.4, 0.5) is 0 Å². The van der Waals surface area contributed by atoms with Gasteiger partial charge in [0, 0.05) is 5.56 Å². The highest BCUT2D eigenvalue weighted by atomic mass is 16.5. The lowest BCUT2D eigenvalue weighted by atomic mass is 9.97. The molecule has 2 aromatic rings. The van der Waals surface area contributed by atoms with Crippen LogP contribution in [0.25, 0.3) is 11.1 Å². The second kappa shape index (κ2) is 4.44. The third-order valence-electron chi connectivity index (χ3n) is 4.13. The van der Waals surface area contributed by atoms with Gasteiger partial charge in [-0.15, -0.1) is 0 Å². The second-order valence-electron chi connectivity index (χ2n) is 5.24. The molecule has 0 aliphatic heterocycles. The van der Waals surface area contributed by atoms with Gasteiger partial charge in [0.05, 0.1) is 14.2 Å². The Labute approximate surface area is 118 Å². The van der Waals surface area contributed by atoms with Crippen molar-refractivity contribution in [1.82, 2.24) is 0 Å². The number of aryl methyl sites for hydroxylation is 1. The molecule has 104 valence electrons. The maximum atomic E-state index is 9.93. The summed E-state index contributed by atoms with van der Waals surface area (Å²) in [5.74, 6) is 1.61. The van der Waals surface area contributed by atoms with Crippen LogP contribution in [0.15, 0.2) is 18.2 Å². The fourth-order valence-corrected chi connectivity index (χ4v) is 3.00. The molecule has 0 saturated carbocycles. The van der Waals surface area contributed by atoms with Gasteiger partial charge in [0.15, 0.2) is 11.5 Å². The van der Waals surface area contributed by atoms with Crippen molar-refractivity contribution in [3.8, 4) is 28.4 Å². The highest BCUT2D eigenvalue weighted by Crippen LogP contribution is 2.48. The van der Waals surface area contributed by atoms with E-state index in [4.69, 9.17) is 9.47 Å². The van der Waals surface area contributed by atoms with E-state index in [1.807, 2.05) is 6.07 Å². The second-order valence-corrected chi connectivity index (χ2v) is 5.24. The molecule has 0 atom stereocenters. The van der Waals surface area contributed by atoms with E-state index in [1.54, 1.807) is 20.3 Å². The van der Waals surface area contributed by atoms with Gasteiger partial charge in [0.1, 0.15) is 5.75 Å². The van der Waals surface area contributed by atoms with Gasteiger partial charge < -0.3 is 14.6 Å². The zero-order valence-corrected chi connectivity index (χ0v) is 12.2. The van der Waals surface area contributed by atoms with Gasteiger partial charge in [-0.2, -0.15) is 0 Å². The van der Waals surface area contributed by atoms with E-state index in [0.717, 1.165) is 34.4 Å². The van der Waals surface area contributed by atoms with Crippen LogP contribution in [0.5, 0.6) is 17.2 Å². The molecule has 0 radical (unpaired) electrons. The van der Waals surface area contributed by atoms with Crippen molar-refractivity contribution in [3.05, 3.63) is 40.5 Å². The first kappa shape index (κ1) is 12.9. The zero-order chi connectivity index (χ0) is 14.4. The van der Waals surface area contributed by atoms with E-state index >= 15 is 0 Å². The van der Waals surface area contributed by atoms with Crippen LogP contribution in [0.3, 0.4) is 0 Å². The molecule has 0 spiro atoms. The Kier molecular flexibility index (Phi) is 2.85. The first-order valence-corrected chi connectivity index (χ1v) is 6.64. The molecular weight excluding hydrogens is 252 g/mol. The van der Waals surface area contributed by atoms with Crippen LogP contribution < -0.4 is 9.47 Å². The van der Waals surface area contributed by atoms with Gasteiger partial charge in [-0.1, -0.05) is 6.07 Å². The van der Waals surface area contributed by atoms with Gasteiger partial charge in [-0.25, -0.2) is 0 Å². The molecule has 0 fully saturated rings. The Morgan fingerprint density at radius 3 is 2.40 bits per heavy atom. The highest BCUT2D eigenvalue weighted by molar-refractivity contribution is 5.85. The Balaban J connectivity index is 2.31. The number of aromatic hydroxyl groups is 1. The molecule has 0 bridgehead atoms. The average Bonchev–Trinajstić information content (AvgIpc) is 2.76. The van der Waals surface area contributed by atoms with Gasteiger partial charge in [0.25, 0.3) is 0 Å². The van der Waals surface area contributed by atoms with Crippen LogP contribution in [-0.2, 0) is 6.42 Å². The summed E-state index contributed by atoms with van der Waals surface area (Å²) in [7, 11) is 3.27. The summed E-state index contributed by atoms with van der Waals surface area (Å²) >= 11 is 0. The third kappa shape index (κ3) is 1.66. The number of rotatable bonds is 2. The molecule has 1 N–H and O–H groups in total. The molecule has 0 heterocycles. The monoisotopic (exact) mass is 270 g/mol. The summed E-state index contributed by atoms with van der Waals surface area (Å²) in [6, 6.07) is 5.89. The molecule has 20 heavy (non-hydrogen) atoms. The number of benzene rings is 2. The fraction of sp³-hybridized carbons (Fsp3) is 0.294. The summed E-state index contributed by atoms with van der Waals surface area (Å²) in [6.45, 7) is 4.17. The first-order chi connectivity index (χ1) is 9.56. The molecule has 0 saturated heterocycles. The minimum Gasteiger partial charge on any atom is -0.504 e. The number of hydrogen-bond donors (Lipinski definition) is 1. The summed E-state index contributed by atoms with van der Waals surface area (Å²) in [5.41, 5.74) is 6.96. The molecule has 3 nitrogen and oxygen atoms in total. The zero-order valence-electron chi connectivity index (χ0n) is 12.2. The maximum Gasteiger partial charge on any atom is 0.161 e. The van der Waals surface area contributed by atoms with Crippen LogP contribution >= 0.6 is 0 Å². The summed E-state index contributed by atoms with van der Waals surface area (Å²) in [4.78, 5) is 0. The number of fused-ring (bicyclic) bond motifs is 3. The topological polar surface area (TPSA) is 38.7 Å². The van der Waals surface area contributed by atoms with Crippen molar-refractivity contribution in [2.75, 3.05) is 14.2 Å². The van der Waals surface area contributed by atoms with Crippen molar-refractivity contribution >= 4 is 0 Å². The Morgan fingerprint density at radius 1 is 1.00 bits per heavy atom. The van der Waals surface area contributed by atoms with Crippen molar-refractivity contribution in [1.29, 1.82) is 0 Å². The number of methoxy groups -OCH3 is 2. The fourth-order valence-electron chi connectivity index (χ4n) is 3.00. The van der Waals surface area contributed by atoms with Crippen molar-refractivity contribution < 1.29 is 14.6 Å². The first-order valence-electron chi connectivity index (χ1n) is 6.64. The van der Waals surface area contributed by atoms with Gasteiger partial charge >= 0.3 is 0 Å². The van der Waals surface area contributed by atoms with Gasteiger partial charge in [-0.05, 0) is 60.2 Å². The van der Waals surface area contributed by atoms with Gasteiger partial charge in [-0.3, -0.25) is 0 Å². The normalized spacial score (nSPS) is 12.0. The predicted octanol–water partition coefficient (Wildman–Crippen LogP) is 3.60. The molecular formula is C17H18O3. The van der Waals surface area contributed by atoms with Crippen LogP contribution in [0, 0.1) is 13.8 Å². The molecule has 0 amide bonds. The predicted molar refractivity (Wildman–Crippen MR) is 78.9 cm³/mol. The Bertz CT molecular complexity index is 702. The smallest absolute Gasteiger partial charge is 0.161 e. The van der Waals surface area contributed by atoms with Crippen LogP contribution in [0.2, 0.25) is 0 Å². The van der Waals surface area contributed by atoms with Gasteiger partial charge in [0.2, 0.25) is 0 Å². The van der Waals surface area contributed by atoms with E-state index in [0.29, 0.717) is 5.75 Å². The molecule has 0 unspecified atom stereocenters. The van der Waals surface area contributed by atoms with Crippen LogP contribution in [-0.4, -0.2) is 19.3 Å². The average molecular weight is 270 g/mol. The minimum absolute atomic E-state index is 0.187. The van der Waals surface area contributed by atoms with E-state index in [1.165, 1.54) is 11.1 Å². The summed E-state index contributed by atoms with van der Waals surface area (Å²) in [5, 5.41) is 9.93. The minimum atomic E-state index is 0.187. The molecule has 3 heteroatoms. The number of phenols is 1. The van der Waals surface area contributed by atoms with E-state index < -0.39 is 0 Å². The van der Waals surface area contributed by atoms with Crippen molar-refractivity contribution in [2.24, 2.45) is 0 Å². The van der Waals surface area contributed by atoms with E-state index in [9.17, 15) is 5.11 Å². The molecule has 1 aliphatic rings. The lowest BCUT2D eigenvalue weighted by Crippen LogP contribution is -1.95. The number of hydrogen-bond acceptors (Lipinski definition) is 3. The van der Waals surface area contributed by atoms with Crippen LogP contribution in [0.1, 0.15) is 22.3 Å². The Morgan fingerprint density at radius 2 is 1.75 bits per heavy atom. The summed E-state index contributed by atoms with van der Waals surface area (Å²) < 4.78 is 10.8. The Hall–Kier alpha value is -2.16. The number of phenolic OH excluding ortho intramolecular Hbond substituents is 1. The molecule has 3 rings (SSSR count). The number of ether oxygens (including phenoxy) is 2. The third-order valence-corrected chi connectivity index (χ3v) is 4.13. The maximum absolute atomic E-state index is 9.93. The van der Waals surface area contributed by atoms with Crippen molar-refractivity contribution in [3.63, 3.8) is 0 Å². The van der Waals surface area contributed by atoms with Crippen molar-refractivity contribution in [2.45, 2.75) is 20.3 Å². The summed E-state index contributed by atoms with van der Waals surface area (Å²) in [6.07, 6.45) is 0.819. The quantitative estimate of drug-likeness (QED) is 0.773.